The highest BCUT2D eigenvalue weighted by molar-refractivity contribution is 6.00. The number of aryl methyl sites for hydroxylation is 1. The number of rotatable bonds is 5. The van der Waals surface area contributed by atoms with E-state index in [0.717, 1.165) is 11.4 Å². The van der Waals surface area contributed by atoms with Gasteiger partial charge in [-0.3, -0.25) is 9.69 Å². The first kappa shape index (κ1) is 21.1. The number of imidazole rings is 1. The molecule has 0 unspecified atom stereocenters. The number of ketones is 1. The van der Waals surface area contributed by atoms with E-state index in [-0.39, 0.29) is 5.78 Å². The molecule has 3 aromatic carbocycles. The van der Waals surface area contributed by atoms with Gasteiger partial charge in [-0.15, -0.1) is 0 Å². The number of aromatic nitrogens is 2. The van der Waals surface area contributed by atoms with Crippen LogP contribution in [0.4, 0.5) is 0 Å². The molecule has 4 nitrogen and oxygen atoms in total. The van der Waals surface area contributed by atoms with Crippen LogP contribution < -0.4 is 0 Å². The predicted octanol–water partition coefficient (Wildman–Crippen LogP) is 5.07. The smallest absolute Gasteiger partial charge is 0.161 e. The number of Topliss-reactive ketones (excluding diaryl/α,β-unsaturated/α-hetero) is 1. The van der Waals surface area contributed by atoms with Gasteiger partial charge in [0, 0.05) is 44.5 Å². The highest BCUT2D eigenvalue weighted by Crippen LogP contribution is 2.43. The number of nitrogens with zero attached hydrogens (tertiary/aromatic N) is 3. The normalized spacial score (nSPS) is 16.3. The molecule has 4 aromatic rings. The molecule has 0 radical (unpaired) electrons. The van der Waals surface area contributed by atoms with Crippen LogP contribution in [0, 0.1) is 0 Å². The van der Waals surface area contributed by atoms with Crippen molar-refractivity contribution < 1.29 is 4.79 Å². The van der Waals surface area contributed by atoms with Gasteiger partial charge in [-0.2, -0.15) is 0 Å². The number of carbonyl (C=O) groups is 1. The Labute approximate surface area is 194 Å². The second-order valence-corrected chi connectivity index (χ2v) is 8.47. The number of carbonyl (C=O) groups excluding carboxylic acids is 1. The lowest BCUT2D eigenvalue weighted by molar-refractivity contribution is -0.117. The summed E-state index contributed by atoms with van der Waals surface area (Å²) in [5.74, 6) is 0.988. The molecule has 5 rings (SSSR count). The number of hydrogen-bond acceptors (Lipinski definition) is 3. The zero-order valence-corrected chi connectivity index (χ0v) is 18.8. The molecular formula is C29H27N3O. The van der Waals surface area contributed by atoms with Gasteiger partial charge in [0.2, 0.25) is 0 Å². The van der Waals surface area contributed by atoms with E-state index < -0.39 is 5.54 Å². The van der Waals surface area contributed by atoms with Crippen molar-refractivity contribution in [1.29, 1.82) is 0 Å². The molecule has 1 aliphatic rings. The van der Waals surface area contributed by atoms with Gasteiger partial charge in [0.1, 0.15) is 5.82 Å². The number of benzene rings is 3. The van der Waals surface area contributed by atoms with Gasteiger partial charge in [0.25, 0.3) is 0 Å². The van der Waals surface area contributed by atoms with Gasteiger partial charge in [0.15, 0.2) is 5.78 Å². The molecule has 33 heavy (non-hydrogen) atoms. The lowest BCUT2D eigenvalue weighted by atomic mass is 9.74. The van der Waals surface area contributed by atoms with E-state index in [9.17, 15) is 4.79 Å². The SMILES string of the molecule is Cn1ccnc1C=C1CN(C(c2ccccc2)(c2ccccc2)c2ccccc2)CCC1=O. The fraction of sp³-hybridized carbons (Fsp3) is 0.172. The van der Waals surface area contributed by atoms with Crippen molar-refractivity contribution >= 4 is 11.9 Å². The number of likely N-dealkylation sites (tertiary alicyclic amines) is 1. The lowest BCUT2D eigenvalue weighted by Gasteiger charge is -2.47. The predicted molar refractivity (Wildman–Crippen MR) is 132 cm³/mol. The van der Waals surface area contributed by atoms with Crippen LogP contribution in [-0.4, -0.2) is 33.3 Å². The van der Waals surface area contributed by atoms with Crippen LogP contribution >= 0.6 is 0 Å². The Balaban J connectivity index is 1.72. The summed E-state index contributed by atoms with van der Waals surface area (Å²) in [5, 5.41) is 0. The third kappa shape index (κ3) is 3.83. The van der Waals surface area contributed by atoms with Crippen LogP contribution in [0.5, 0.6) is 0 Å². The molecule has 1 saturated heterocycles. The third-order valence-corrected chi connectivity index (χ3v) is 6.54. The molecule has 0 spiro atoms. The topological polar surface area (TPSA) is 38.1 Å². The summed E-state index contributed by atoms with van der Waals surface area (Å²) in [6, 6.07) is 31.9. The molecule has 1 aliphatic heterocycles. The van der Waals surface area contributed by atoms with Crippen LogP contribution in [0.2, 0.25) is 0 Å². The van der Waals surface area contributed by atoms with E-state index in [1.54, 1.807) is 6.20 Å². The summed E-state index contributed by atoms with van der Waals surface area (Å²) in [6.45, 7) is 1.22. The van der Waals surface area contributed by atoms with Gasteiger partial charge in [-0.25, -0.2) is 4.98 Å². The fourth-order valence-corrected chi connectivity index (χ4v) is 4.94. The molecule has 164 valence electrons. The van der Waals surface area contributed by atoms with Gasteiger partial charge in [0.05, 0.1) is 5.54 Å². The lowest BCUT2D eigenvalue weighted by Crippen LogP contribution is -2.52. The molecule has 0 aliphatic carbocycles. The molecule has 0 amide bonds. The molecule has 0 bridgehead atoms. The van der Waals surface area contributed by atoms with Gasteiger partial charge in [-0.1, -0.05) is 91.0 Å². The van der Waals surface area contributed by atoms with E-state index in [1.807, 2.05) is 23.9 Å². The Kier molecular flexibility index (Phi) is 5.76. The zero-order chi connectivity index (χ0) is 22.7. The minimum Gasteiger partial charge on any atom is -0.335 e. The Morgan fingerprint density at radius 2 is 1.33 bits per heavy atom. The quantitative estimate of drug-likeness (QED) is 0.326. The van der Waals surface area contributed by atoms with Crippen LogP contribution in [0.15, 0.2) is 109 Å². The zero-order valence-electron chi connectivity index (χ0n) is 18.8. The monoisotopic (exact) mass is 433 g/mol. The van der Waals surface area contributed by atoms with Crippen molar-refractivity contribution in [3.8, 4) is 0 Å². The Morgan fingerprint density at radius 3 is 1.79 bits per heavy atom. The van der Waals surface area contributed by atoms with E-state index in [2.05, 4.69) is 101 Å². The van der Waals surface area contributed by atoms with Crippen molar-refractivity contribution in [3.63, 3.8) is 0 Å². The van der Waals surface area contributed by atoms with Crippen LogP contribution in [0.3, 0.4) is 0 Å². The minimum absolute atomic E-state index is 0.192. The molecular weight excluding hydrogens is 406 g/mol. The molecule has 2 heterocycles. The largest absolute Gasteiger partial charge is 0.335 e. The summed E-state index contributed by atoms with van der Waals surface area (Å²) < 4.78 is 1.94. The van der Waals surface area contributed by atoms with E-state index in [1.165, 1.54) is 16.7 Å². The van der Waals surface area contributed by atoms with Gasteiger partial charge < -0.3 is 4.57 Å². The van der Waals surface area contributed by atoms with Gasteiger partial charge in [-0.05, 0) is 22.8 Å². The number of piperidine rings is 1. The first-order valence-electron chi connectivity index (χ1n) is 11.3. The minimum atomic E-state index is -0.523. The van der Waals surface area contributed by atoms with Gasteiger partial charge >= 0.3 is 0 Å². The Bertz CT molecular complexity index is 1160. The molecule has 1 aromatic heterocycles. The highest BCUT2D eigenvalue weighted by atomic mass is 16.1. The third-order valence-electron chi connectivity index (χ3n) is 6.54. The summed E-state index contributed by atoms with van der Waals surface area (Å²) in [5.41, 5.74) is 3.84. The standard InChI is InChI=1S/C29H27N3O/c1-31-20-18-30-28(31)21-23-22-32(19-17-27(23)33)29(24-11-5-2-6-12-24,25-13-7-3-8-14-25)26-15-9-4-10-16-26/h2-16,18,20-21H,17,19,22H2,1H3. The van der Waals surface area contributed by atoms with Crippen LogP contribution in [0.1, 0.15) is 28.9 Å². The first-order valence-corrected chi connectivity index (χ1v) is 11.3. The van der Waals surface area contributed by atoms with Crippen molar-refractivity contribution in [3.05, 3.63) is 131 Å². The maximum Gasteiger partial charge on any atom is 0.161 e. The molecule has 0 N–H and O–H groups in total. The number of hydrogen-bond donors (Lipinski definition) is 0. The van der Waals surface area contributed by atoms with E-state index >= 15 is 0 Å². The Morgan fingerprint density at radius 1 is 0.818 bits per heavy atom. The van der Waals surface area contributed by atoms with E-state index in [4.69, 9.17) is 0 Å². The molecule has 4 heteroatoms. The average Bonchev–Trinajstić information content (AvgIpc) is 3.28. The highest BCUT2D eigenvalue weighted by Gasteiger charge is 2.44. The molecule has 1 fully saturated rings. The maximum absolute atomic E-state index is 13.0. The summed E-state index contributed by atoms with van der Waals surface area (Å²) in [6.07, 6.45) is 6.09. The average molecular weight is 434 g/mol. The second kappa shape index (κ2) is 9.00. The molecule has 0 atom stereocenters. The first-order chi connectivity index (χ1) is 16.2. The second-order valence-electron chi connectivity index (χ2n) is 8.47. The van der Waals surface area contributed by atoms with Crippen molar-refractivity contribution in [2.24, 2.45) is 7.05 Å². The molecule has 0 saturated carbocycles. The van der Waals surface area contributed by atoms with Crippen molar-refractivity contribution in [1.82, 2.24) is 14.5 Å². The summed E-state index contributed by atoms with van der Waals surface area (Å²) in [7, 11) is 1.95. The van der Waals surface area contributed by atoms with Crippen LogP contribution in [0.25, 0.3) is 6.08 Å². The van der Waals surface area contributed by atoms with E-state index in [0.29, 0.717) is 19.5 Å². The van der Waals surface area contributed by atoms with Crippen LogP contribution in [-0.2, 0) is 17.4 Å². The Hall–Kier alpha value is -3.76. The van der Waals surface area contributed by atoms with Crippen molar-refractivity contribution in [2.45, 2.75) is 12.0 Å². The maximum atomic E-state index is 13.0. The summed E-state index contributed by atoms with van der Waals surface area (Å²) in [4.78, 5) is 19.9. The van der Waals surface area contributed by atoms with Crippen molar-refractivity contribution in [2.75, 3.05) is 13.1 Å². The fourth-order valence-electron chi connectivity index (χ4n) is 4.94. The summed E-state index contributed by atoms with van der Waals surface area (Å²) >= 11 is 0.